The van der Waals surface area contributed by atoms with Gasteiger partial charge in [-0.25, -0.2) is 0 Å². The highest BCUT2D eigenvalue weighted by atomic mass is 35.5. The molecular formula is C23H25ClN2O. The van der Waals surface area contributed by atoms with Gasteiger partial charge in [-0.2, -0.15) is 0 Å². The van der Waals surface area contributed by atoms with Gasteiger partial charge in [0.2, 0.25) is 0 Å². The van der Waals surface area contributed by atoms with E-state index in [9.17, 15) is 0 Å². The maximum atomic E-state index is 5.86. The van der Waals surface area contributed by atoms with Gasteiger partial charge < -0.3 is 15.0 Å². The molecule has 0 radical (unpaired) electrons. The van der Waals surface area contributed by atoms with Crippen molar-refractivity contribution in [1.82, 2.24) is 10.3 Å². The summed E-state index contributed by atoms with van der Waals surface area (Å²) in [5.41, 5.74) is 3.80. The van der Waals surface area contributed by atoms with Crippen LogP contribution in [0.1, 0.15) is 18.1 Å². The average molecular weight is 381 g/mol. The zero-order valence-electron chi connectivity index (χ0n) is 15.5. The lowest BCUT2D eigenvalue weighted by Gasteiger charge is -2.14. The van der Waals surface area contributed by atoms with Gasteiger partial charge in [0, 0.05) is 29.2 Å². The van der Waals surface area contributed by atoms with E-state index < -0.39 is 0 Å². The Labute approximate surface area is 166 Å². The van der Waals surface area contributed by atoms with E-state index in [0.29, 0.717) is 6.61 Å². The number of benzene rings is 3. The number of hydrogen-bond acceptors (Lipinski definition) is 2. The molecular weight excluding hydrogens is 356 g/mol. The Morgan fingerprint density at radius 2 is 1.70 bits per heavy atom. The van der Waals surface area contributed by atoms with Crippen molar-refractivity contribution in [3.05, 3.63) is 78.0 Å². The molecule has 0 aliphatic carbocycles. The summed E-state index contributed by atoms with van der Waals surface area (Å²) in [5, 5.41) is 7.43. The molecule has 0 unspecified atom stereocenters. The van der Waals surface area contributed by atoms with E-state index in [1.54, 1.807) is 0 Å². The zero-order chi connectivity index (χ0) is 17.8. The van der Waals surface area contributed by atoms with Crippen LogP contribution in [0.2, 0.25) is 0 Å². The quantitative estimate of drug-likeness (QED) is 0.417. The van der Waals surface area contributed by atoms with Crippen molar-refractivity contribution in [3.8, 4) is 5.75 Å². The van der Waals surface area contributed by atoms with Crippen molar-refractivity contribution in [2.24, 2.45) is 0 Å². The fraction of sp³-hybridized carbons (Fsp3) is 0.217. The van der Waals surface area contributed by atoms with Crippen LogP contribution in [-0.4, -0.2) is 18.1 Å². The number of nitrogens with one attached hydrogen (secondary N) is 2. The Morgan fingerprint density at radius 3 is 2.56 bits per heavy atom. The van der Waals surface area contributed by atoms with Gasteiger partial charge in [-0.05, 0) is 48.4 Å². The molecule has 0 aliphatic rings. The highest BCUT2D eigenvalue weighted by Crippen LogP contribution is 2.28. The van der Waals surface area contributed by atoms with Gasteiger partial charge in [0.25, 0.3) is 0 Å². The summed E-state index contributed by atoms with van der Waals surface area (Å²) in [6, 6.07) is 21.2. The summed E-state index contributed by atoms with van der Waals surface area (Å²) >= 11 is 0. The molecule has 0 aliphatic heterocycles. The molecule has 0 fully saturated rings. The van der Waals surface area contributed by atoms with Crippen LogP contribution in [0.15, 0.2) is 66.9 Å². The Kier molecular flexibility index (Phi) is 6.38. The second-order valence-corrected chi connectivity index (χ2v) is 6.48. The first-order chi connectivity index (χ1) is 12.9. The number of H-pyrrole nitrogens is 1. The minimum Gasteiger partial charge on any atom is -0.494 e. The number of ether oxygens (including phenoxy) is 1. The van der Waals surface area contributed by atoms with Crippen LogP contribution in [0, 0.1) is 0 Å². The van der Waals surface area contributed by atoms with Gasteiger partial charge in [0.1, 0.15) is 5.75 Å². The fourth-order valence-electron chi connectivity index (χ4n) is 3.56. The predicted octanol–water partition coefficient (Wildman–Crippen LogP) is 5.47. The van der Waals surface area contributed by atoms with Gasteiger partial charge in [0.15, 0.2) is 0 Å². The van der Waals surface area contributed by atoms with Crippen LogP contribution in [0.3, 0.4) is 0 Å². The number of aromatic nitrogens is 1. The Hall–Kier alpha value is -2.49. The van der Waals surface area contributed by atoms with Crippen LogP contribution in [-0.2, 0) is 13.0 Å². The highest BCUT2D eigenvalue weighted by molar-refractivity contribution is 5.87. The Balaban J connectivity index is 0.00000210. The third-order valence-corrected chi connectivity index (χ3v) is 4.85. The van der Waals surface area contributed by atoms with Crippen LogP contribution < -0.4 is 10.1 Å². The molecule has 1 aromatic heterocycles. The van der Waals surface area contributed by atoms with Gasteiger partial charge in [-0.1, -0.05) is 48.5 Å². The summed E-state index contributed by atoms with van der Waals surface area (Å²) in [7, 11) is 0. The van der Waals surface area contributed by atoms with E-state index in [2.05, 4.69) is 77.2 Å². The number of rotatable bonds is 7. The second kappa shape index (κ2) is 8.94. The lowest BCUT2D eigenvalue weighted by molar-refractivity contribution is 0.336. The molecule has 0 atom stereocenters. The molecule has 140 valence electrons. The topological polar surface area (TPSA) is 37.0 Å². The lowest BCUT2D eigenvalue weighted by Crippen LogP contribution is -2.17. The lowest BCUT2D eigenvalue weighted by atomic mass is 10.0. The molecule has 0 spiro atoms. The molecule has 1 heterocycles. The zero-order valence-corrected chi connectivity index (χ0v) is 16.3. The Bertz CT molecular complexity index is 1030. The third-order valence-electron chi connectivity index (χ3n) is 4.85. The second-order valence-electron chi connectivity index (χ2n) is 6.48. The molecule has 0 saturated carbocycles. The number of para-hydroxylation sites is 1. The van der Waals surface area contributed by atoms with E-state index in [4.69, 9.17) is 4.74 Å². The summed E-state index contributed by atoms with van der Waals surface area (Å²) in [4.78, 5) is 3.35. The SMILES string of the molecule is CCOc1ccc2ccccc2c1CNCCc1c[nH]c2ccccc12.Cl. The Morgan fingerprint density at radius 1 is 0.926 bits per heavy atom. The van der Waals surface area contributed by atoms with Gasteiger partial charge in [0.05, 0.1) is 6.61 Å². The molecule has 4 heteroatoms. The standard InChI is InChI=1S/C23H24N2O.ClH/c1-2-26-23-12-11-17-7-3-4-8-19(17)21(23)16-24-14-13-18-15-25-22-10-6-5-9-20(18)22;/h3-12,15,24-25H,2,13-14,16H2,1H3;1H. The minimum atomic E-state index is 0. The average Bonchev–Trinajstić information content (AvgIpc) is 3.10. The first kappa shape index (κ1) is 19.3. The maximum Gasteiger partial charge on any atom is 0.124 e. The minimum absolute atomic E-state index is 0. The smallest absolute Gasteiger partial charge is 0.124 e. The van der Waals surface area contributed by atoms with Crippen LogP contribution in [0.25, 0.3) is 21.7 Å². The van der Waals surface area contributed by atoms with Crippen molar-refractivity contribution in [2.45, 2.75) is 19.9 Å². The highest BCUT2D eigenvalue weighted by Gasteiger charge is 2.09. The van der Waals surface area contributed by atoms with Crippen LogP contribution in [0.5, 0.6) is 5.75 Å². The summed E-state index contributed by atoms with van der Waals surface area (Å²) < 4.78 is 5.86. The normalized spacial score (nSPS) is 10.9. The van der Waals surface area contributed by atoms with Gasteiger partial charge >= 0.3 is 0 Å². The molecule has 4 aromatic rings. The first-order valence-electron chi connectivity index (χ1n) is 9.26. The molecule has 0 bridgehead atoms. The van der Waals surface area contributed by atoms with Gasteiger partial charge in [-0.3, -0.25) is 0 Å². The van der Waals surface area contributed by atoms with Crippen LogP contribution in [0.4, 0.5) is 0 Å². The molecule has 3 aromatic carbocycles. The largest absolute Gasteiger partial charge is 0.494 e. The number of halogens is 1. The number of aromatic amines is 1. The third kappa shape index (κ3) is 4.10. The van der Waals surface area contributed by atoms with E-state index in [1.807, 2.05) is 6.92 Å². The molecule has 2 N–H and O–H groups in total. The predicted molar refractivity (Wildman–Crippen MR) is 116 cm³/mol. The van der Waals surface area contributed by atoms with E-state index in [1.165, 1.54) is 32.8 Å². The van der Waals surface area contributed by atoms with Gasteiger partial charge in [-0.15, -0.1) is 12.4 Å². The van der Waals surface area contributed by atoms with Crippen molar-refractivity contribution in [2.75, 3.05) is 13.2 Å². The van der Waals surface area contributed by atoms with Crippen molar-refractivity contribution >= 4 is 34.1 Å². The molecule has 4 rings (SSSR count). The van der Waals surface area contributed by atoms with Crippen molar-refractivity contribution in [1.29, 1.82) is 0 Å². The van der Waals surface area contributed by atoms with Crippen LogP contribution >= 0.6 is 12.4 Å². The van der Waals surface area contributed by atoms with E-state index >= 15 is 0 Å². The summed E-state index contributed by atoms with van der Waals surface area (Å²) in [6.45, 7) is 4.44. The van der Waals surface area contributed by atoms with Crippen molar-refractivity contribution in [3.63, 3.8) is 0 Å². The molecule has 0 saturated heterocycles. The number of fused-ring (bicyclic) bond motifs is 2. The molecule has 27 heavy (non-hydrogen) atoms. The number of hydrogen-bond donors (Lipinski definition) is 2. The molecule has 0 amide bonds. The van der Waals surface area contributed by atoms with E-state index in [0.717, 1.165) is 25.3 Å². The van der Waals surface area contributed by atoms with Crippen molar-refractivity contribution < 1.29 is 4.74 Å². The first-order valence-corrected chi connectivity index (χ1v) is 9.26. The summed E-state index contributed by atoms with van der Waals surface area (Å²) in [5.74, 6) is 0.978. The van der Waals surface area contributed by atoms with E-state index in [-0.39, 0.29) is 12.4 Å². The summed E-state index contributed by atoms with van der Waals surface area (Å²) in [6.07, 6.45) is 3.12. The maximum absolute atomic E-state index is 5.86. The molecule has 3 nitrogen and oxygen atoms in total. The monoisotopic (exact) mass is 380 g/mol. The fourth-order valence-corrected chi connectivity index (χ4v) is 3.56.